The summed E-state index contributed by atoms with van der Waals surface area (Å²) in [5.41, 5.74) is 1.61. The van der Waals surface area contributed by atoms with Gasteiger partial charge in [0.25, 0.3) is 0 Å². The molecule has 0 aromatic carbocycles. The van der Waals surface area contributed by atoms with E-state index in [0.29, 0.717) is 12.0 Å². The van der Waals surface area contributed by atoms with Crippen molar-refractivity contribution >= 4 is 23.7 Å². The fourth-order valence-electron chi connectivity index (χ4n) is 2.72. The molecule has 0 spiro atoms. The van der Waals surface area contributed by atoms with Gasteiger partial charge in [-0.1, -0.05) is 11.9 Å². The molecule has 0 aliphatic carbocycles. The molecule has 1 aliphatic rings. The summed E-state index contributed by atoms with van der Waals surface area (Å²) in [4.78, 5) is 15.2. The average Bonchev–Trinajstić information content (AvgIpc) is 2.69. The Labute approximate surface area is 163 Å². The lowest BCUT2D eigenvalue weighted by molar-refractivity contribution is 0.580. The highest BCUT2D eigenvalue weighted by Gasteiger charge is 2.16. The maximum Gasteiger partial charge on any atom is 0.227 e. The number of hydrogen-bond acceptors (Lipinski definition) is 8. The van der Waals surface area contributed by atoms with Crippen molar-refractivity contribution in [2.75, 3.05) is 48.7 Å². The number of anilines is 2. The lowest BCUT2D eigenvalue weighted by atomic mass is 10.1. The van der Waals surface area contributed by atoms with Gasteiger partial charge in [-0.3, -0.25) is 4.72 Å². The zero-order valence-electron chi connectivity index (χ0n) is 15.7. The van der Waals surface area contributed by atoms with E-state index in [1.54, 1.807) is 24.2 Å². The average molecular weight is 392 g/mol. The first-order chi connectivity index (χ1) is 13.1. The second-order valence-corrected chi connectivity index (χ2v) is 7.52. The number of aromatic nitrogens is 3. The zero-order chi connectivity index (χ0) is 19.1. The van der Waals surface area contributed by atoms with Crippen molar-refractivity contribution < 1.29 is 4.39 Å². The molecule has 1 fully saturated rings. The molecule has 2 aromatic rings. The van der Waals surface area contributed by atoms with Crippen molar-refractivity contribution in [3.63, 3.8) is 0 Å². The maximum absolute atomic E-state index is 13.2. The van der Waals surface area contributed by atoms with E-state index in [1.165, 1.54) is 12.3 Å². The lowest BCUT2D eigenvalue weighted by Crippen LogP contribution is -2.44. The molecule has 1 aliphatic heterocycles. The van der Waals surface area contributed by atoms with Gasteiger partial charge in [-0.2, -0.15) is 9.37 Å². The molecule has 7 nitrogen and oxygen atoms in total. The summed E-state index contributed by atoms with van der Waals surface area (Å²) >= 11 is 1.68. The van der Waals surface area contributed by atoms with Crippen molar-refractivity contribution in [3.05, 3.63) is 30.5 Å². The largest absolute Gasteiger partial charge is 0.369 e. The molecule has 0 radical (unpaired) electrons. The molecule has 0 amide bonds. The quantitative estimate of drug-likeness (QED) is 0.359. The van der Waals surface area contributed by atoms with Crippen LogP contribution in [-0.2, 0) is 0 Å². The van der Waals surface area contributed by atoms with Crippen molar-refractivity contribution in [1.82, 2.24) is 25.0 Å². The third-order valence-electron chi connectivity index (χ3n) is 4.03. The van der Waals surface area contributed by atoms with Crippen LogP contribution in [0.15, 0.2) is 24.5 Å². The van der Waals surface area contributed by atoms with Gasteiger partial charge in [0, 0.05) is 68.0 Å². The monoisotopic (exact) mass is 391 g/mol. The van der Waals surface area contributed by atoms with E-state index in [2.05, 4.69) is 44.1 Å². The first kappa shape index (κ1) is 19.8. The molecular weight excluding hydrogens is 365 g/mol. The Balaban J connectivity index is 1.77. The molecule has 1 saturated heterocycles. The van der Waals surface area contributed by atoms with Gasteiger partial charge in [0.2, 0.25) is 11.9 Å². The highest BCUT2D eigenvalue weighted by Crippen LogP contribution is 2.27. The fourth-order valence-corrected chi connectivity index (χ4v) is 3.37. The fraction of sp³-hybridized carbons (Fsp3) is 0.500. The van der Waals surface area contributed by atoms with Crippen LogP contribution in [0.3, 0.4) is 0 Å². The van der Waals surface area contributed by atoms with Gasteiger partial charge in [0.1, 0.15) is 5.82 Å². The lowest BCUT2D eigenvalue weighted by Gasteiger charge is -2.28. The third-order valence-corrected chi connectivity index (χ3v) is 5.08. The third kappa shape index (κ3) is 5.75. The number of piperazine rings is 1. The molecule has 0 saturated carbocycles. The van der Waals surface area contributed by atoms with Crippen molar-refractivity contribution in [2.24, 2.45) is 0 Å². The highest BCUT2D eigenvalue weighted by atomic mass is 32.2. The van der Waals surface area contributed by atoms with E-state index in [4.69, 9.17) is 4.98 Å². The minimum Gasteiger partial charge on any atom is -0.369 e. The summed E-state index contributed by atoms with van der Waals surface area (Å²) in [7, 11) is 0. The zero-order valence-corrected chi connectivity index (χ0v) is 16.5. The van der Waals surface area contributed by atoms with E-state index < -0.39 is 5.95 Å². The van der Waals surface area contributed by atoms with Crippen LogP contribution in [0.25, 0.3) is 11.1 Å². The Morgan fingerprint density at radius 3 is 2.74 bits per heavy atom. The van der Waals surface area contributed by atoms with E-state index >= 15 is 0 Å². The Morgan fingerprint density at radius 2 is 2.04 bits per heavy atom. The normalized spacial score (nSPS) is 14.6. The molecule has 3 rings (SSSR count). The maximum atomic E-state index is 13.2. The second-order valence-electron chi connectivity index (χ2n) is 6.59. The molecule has 27 heavy (non-hydrogen) atoms. The predicted molar refractivity (Wildman–Crippen MR) is 110 cm³/mol. The molecule has 0 atom stereocenters. The van der Waals surface area contributed by atoms with Crippen molar-refractivity contribution in [2.45, 2.75) is 19.9 Å². The highest BCUT2D eigenvalue weighted by molar-refractivity contribution is 7.97. The number of rotatable bonds is 8. The molecule has 0 unspecified atom stereocenters. The Kier molecular flexibility index (Phi) is 7.19. The predicted octanol–water partition coefficient (Wildman–Crippen LogP) is 2.15. The van der Waals surface area contributed by atoms with Gasteiger partial charge in [0.15, 0.2) is 0 Å². The molecular formula is C18H26FN7S. The van der Waals surface area contributed by atoms with Gasteiger partial charge in [-0.05, 0) is 26.0 Å². The molecule has 0 bridgehead atoms. The van der Waals surface area contributed by atoms with Gasteiger partial charge in [-0.15, -0.1) is 0 Å². The number of halogens is 1. The number of pyridine rings is 1. The smallest absolute Gasteiger partial charge is 0.227 e. The van der Waals surface area contributed by atoms with Crippen molar-refractivity contribution in [1.29, 1.82) is 0 Å². The van der Waals surface area contributed by atoms with Crippen LogP contribution in [0, 0.1) is 5.95 Å². The van der Waals surface area contributed by atoms with Crippen LogP contribution in [0.2, 0.25) is 0 Å². The summed E-state index contributed by atoms with van der Waals surface area (Å²) in [6.45, 7) is 8.59. The minimum atomic E-state index is -0.497. The summed E-state index contributed by atoms with van der Waals surface area (Å²) in [6, 6.07) is 3.49. The molecule has 9 heteroatoms. The summed E-state index contributed by atoms with van der Waals surface area (Å²) < 4.78 is 16.5. The summed E-state index contributed by atoms with van der Waals surface area (Å²) in [6.07, 6.45) is 3.31. The van der Waals surface area contributed by atoms with Gasteiger partial charge in [-0.25, -0.2) is 9.97 Å². The summed E-state index contributed by atoms with van der Waals surface area (Å²) in [5, 5.41) is 6.74. The van der Waals surface area contributed by atoms with Crippen LogP contribution < -0.4 is 20.3 Å². The van der Waals surface area contributed by atoms with Crippen LogP contribution in [0.4, 0.5) is 16.2 Å². The van der Waals surface area contributed by atoms with Crippen LogP contribution in [-0.4, -0.2) is 59.5 Å². The van der Waals surface area contributed by atoms with Gasteiger partial charge >= 0.3 is 0 Å². The van der Waals surface area contributed by atoms with Gasteiger partial charge < -0.3 is 15.5 Å². The Hall–Kier alpha value is -1.97. The van der Waals surface area contributed by atoms with E-state index in [-0.39, 0.29) is 0 Å². The van der Waals surface area contributed by atoms with E-state index in [0.717, 1.165) is 55.4 Å². The Bertz CT molecular complexity index is 720. The Morgan fingerprint density at radius 1 is 1.22 bits per heavy atom. The van der Waals surface area contributed by atoms with Gasteiger partial charge in [0.05, 0.1) is 0 Å². The number of nitrogens with zero attached hydrogens (tertiary/aromatic N) is 4. The topological polar surface area (TPSA) is 78.0 Å². The minimum absolute atomic E-state index is 0.439. The molecule has 2 aromatic heterocycles. The van der Waals surface area contributed by atoms with E-state index in [1.807, 2.05) is 0 Å². The van der Waals surface area contributed by atoms with Crippen LogP contribution in [0.5, 0.6) is 0 Å². The number of hydrogen-bond donors (Lipinski definition) is 3. The molecule has 3 N–H and O–H groups in total. The summed E-state index contributed by atoms with van der Waals surface area (Å²) in [5.74, 6) is 1.86. The molecule has 146 valence electrons. The van der Waals surface area contributed by atoms with E-state index in [9.17, 15) is 4.39 Å². The number of nitrogens with one attached hydrogen (secondary N) is 3. The van der Waals surface area contributed by atoms with Crippen molar-refractivity contribution in [3.8, 4) is 11.1 Å². The SMILES string of the molecule is CC(C)NSCCNc1nc(N2CCNCC2)ncc1-c1ccc(F)nc1. The van der Waals surface area contributed by atoms with Crippen LogP contribution >= 0.6 is 11.9 Å². The standard InChI is InChI=1S/C18H26FN7S/c1-13(2)25-27-10-7-21-17-15(14-3-4-16(19)22-11-14)12-23-18(24-17)26-8-5-20-6-9-26/h3-4,11-13,20,25H,5-10H2,1-2H3,(H,21,23,24). The van der Waals surface area contributed by atoms with Crippen LogP contribution in [0.1, 0.15) is 13.8 Å². The molecule has 3 heterocycles. The second kappa shape index (κ2) is 9.82. The first-order valence-electron chi connectivity index (χ1n) is 9.19. The first-order valence-corrected chi connectivity index (χ1v) is 10.2.